The average Bonchev–Trinajstić information content (AvgIpc) is 4.51. The maximum atomic E-state index is 12.3. The lowest BCUT2D eigenvalue weighted by molar-refractivity contribution is 0.0367. The fraction of sp³-hybridized carbons (Fsp3) is 0.333. The van der Waals surface area contributed by atoms with Crippen LogP contribution in [0, 0.1) is 23.2 Å². The number of ether oxygens (including phenoxy) is 1. The minimum absolute atomic E-state index is 0.0486. The van der Waals surface area contributed by atoms with Crippen LogP contribution in [0.1, 0.15) is 132 Å². The van der Waals surface area contributed by atoms with Crippen molar-refractivity contribution in [2.24, 2.45) is 38.6 Å². The first-order valence-electron chi connectivity index (χ1n) is 26.8. The fourth-order valence-electron chi connectivity index (χ4n) is 12.0. The number of benzene rings is 5. The van der Waals surface area contributed by atoms with Gasteiger partial charge in [0.1, 0.15) is 0 Å². The monoisotopic (exact) mass is 1300 g/mol. The normalized spacial score (nSPS) is 23.7. The topological polar surface area (TPSA) is 256 Å². The highest BCUT2D eigenvalue weighted by Crippen LogP contribution is 2.53. The average molecular weight is 1300 g/mol. The number of aromatic nitrogens is 1. The quantitative estimate of drug-likeness (QED) is 0.0402. The highest BCUT2D eigenvalue weighted by molar-refractivity contribution is 9.11. The van der Waals surface area contributed by atoms with Crippen LogP contribution in [-0.2, 0) is 41.2 Å². The molecule has 5 aromatic carbocycles. The van der Waals surface area contributed by atoms with Gasteiger partial charge in [0, 0.05) is 45.5 Å². The van der Waals surface area contributed by atoms with Crippen molar-refractivity contribution in [2.45, 2.75) is 103 Å². The van der Waals surface area contributed by atoms with Crippen molar-refractivity contribution in [3.05, 3.63) is 194 Å². The molecule has 0 saturated carbocycles. The number of carbonyl (C=O) groups is 1. The van der Waals surface area contributed by atoms with E-state index in [1.807, 2.05) is 39.0 Å². The first-order valence-corrected chi connectivity index (χ1v) is 34.2. The number of halogens is 2. The minimum Gasteiger partial charge on any atom is -0.462 e. The molecular weight excluding hydrogens is 1230 g/mol. The van der Waals surface area contributed by atoms with Crippen LogP contribution in [0.3, 0.4) is 0 Å². The van der Waals surface area contributed by atoms with Crippen molar-refractivity contribution >= 4 is 96.3 Å². The number of anilines is 3. The Morgan fingerprint density at radius 2 is 1.02 bits per heavy atom. The Morgan fingerprint density at radius 3 is 1.41 bits per heavy atom. The zero-order chi connectivity index (χ0) is 57.6. The molecule has 21 heteroatoms. The van der Waals surface area contributed by atoms with Gasteiger partial charge >= 0.3 is 5.97 Å². The van der Waals surface area contributed by atoms with E-state index in [2.05, 4.69) is 119 Å². The molecule has 0 saturated heterocycles. The molecule has 0 fully saturated rings. The van der Waals surface area contributed by atoms with Gasteiger partial charge in [-0.25, -0.2) is 50.4 Å². The smallest absolute Gasteiger partial charge is 0.338 e. The van der Waals surface area contributed by atoms with Gasteiger partial charge in [-0.3, -0.25) is 0 Å². The van der Waals surface area contributed by atoms with Crippen LogP contribution in [-0.4, -0.2) is 48.1 Å². The van der Waals surface area contributed by atoms with E-state index >= 15 is 0 Å². The van der Waals surface area contributed by atoms with Gasteiger partial charge in [0.05, 0.1) is 50.7 Å². The summed E-state index contributed by atoms with van der Waals surface area (Å²) in [6, 6.07) is 32.0. The molecule has 3 aliphatic heterocycles. The predicted molar refractivity (Wildman–Crippen MR) is 327 cm³/mol. The number of nitrogens with zero attached hydrogens (tertiary/aromatic N) is 1. The number of hydrogen-bond acceptors (Lipinski definition) is 13. The molecule has 426 valence electrons. The molecule has 12 rings (SSSR count). The second-order valence-corrected chi connectivity index (χ2v) is 30.2. The lowest BCUT2D eigenvalue weighted by Gasteiger charge is -2.37. The summed E-state index contributed by atoms with van der Waals surface area (Å²) in [5, 5.41) is 29.7. The van der Waals surface area contributed by atoms with Crippen molar-refractivity contribution < 1.29 is 34.8 Å². The number of alkyl halides is 1. The second kappa shape index (κ2) is 23.6. The number of hydrogen-bond donors (Lipinski definition) is 6. The summed E-state index contributed by atoms with van der Waals surface area (Å²) in [5.41, 5.74) is 11.0. The number of aryl methyl sites for hydroxylation is 1. The lowest BCUT2D eigenvalue weighted by atomic mass is 9.77. The van der Waals surface area contributed by atoms with E-state index in [-0.39, 0.29) is 67.9 Å². The van der Waals surface area contributed by atoms with Crippen LogP contribution >= 0.6 is 43.2 Å². The molecule has 15 nitrogen and oxygen atoms in total. The Labute approximate surface area is 495 Å². The molecule has 9 atom stereocenters. The van der Waals surface area contributed by atoms with E-state index < -0.39 is 30.1 Å². The molecule has 81 heavy (non-hydrogen) atoms. The van der Waals surface area contributed by atoms with E-state index in [0.29, 0.717) is 24.0 Å². The summed E-state index contributed by atoms with van der Waals surface area (Å²) in [4.78, 5) is 17.3. The van der Waals surface area contributed by atoms with Crippen molar-refractivity contribution in [3.8, 4) is 0 Å². The number of carbonyl (C=O) groups excluding carboxylic acids is 1. The number of primary sulfonamides is 3. The standard InChI is InChI=1S/C24H28N2O4S.C21H23BrN2O2S.C15H14BrN3O2S2/c1-24(2,3)14-30-23(27)16-9-7-15(8-10-16)22-19-6-4-5-18(19)20-13-17(31(25,28)29)11-12-21(20)26-22;22-12-2-3-14-6-8-15(9-7-14)21-18-5-1-4-17(18)19-13-16(27(23,25)26)10-11-20(19)24-21;16-15-19-13(7-22-15)14-10-3-1-2-9(10)11-6-8(23(17,20)21)4-5-12(11)18-14/h4-5,7-13,18-19,22,26H,6,14H2,1-3H3,(H2,25,28,29);1,4,6-11,13,17-18,21,24H,2-3,5,12H2,(H2,23,25,26);1-2,4-7,9-10,14,18H,3H2,(H2,17,20,21)/t18-,19+,22+;17-,18+,21+;9-,10+,14-/m000/s1. The Morgan fingerprint density at radius 1 is 0.617 bits per heavy atom. The Bertz CT molecular complexity index is 3790. The Balaban J connectivity index is 0.000000138. The largest absolute Gasteiger partial charge is 0.462 e. The SMILES string of the molecule is CC(C)(C)COC(=O)c1ccc([C@H]2Nc3ccc(S(N)(=O)=O)cc3[C@H]3C=CC[C@H]32)cc1.NS(=O)(=O)c1ccc2c(c1)[C@H]1C=CC[C@H]1[C@@H](c1ccc(CCCBr)cc1)N2.NS(=O)(=O)c1ccc2c(c1)[C@H]1C=CC[C@H]1[C@@H](c1csc(Br)n1)N2. The van der Waals surface area contributed by atoms with Gasteiger partial charge in [-0.1, -0.05) is 110 Å². The second-order valence-electron chi connectivity index (χ2n) is 22.6. The summed E-state index contributed by atoms with van der Waals surface area (Å²) in [6.07, 6.45) is 18.0. The maximum Gasteiger partial charge on any atom is 0.338 e. The highest BCUT2D eigenvalue weighted by Gasteiger charge is 2.41. The molecule has 0 bridgehead atoms. The van der Waals surface area contributed by atoms with Crippen LogP contribution in [0.15, 0.2) is 164 Å². The number of fused-ring (bicyclic) bond motifs is 9. The molecule has 0 spiro atoms. The number of nitrogens with two attached hydrogens (primary N) is 3. The molecule has 6 aliphatic rings. The van der Waals surface area contributed by atoms with E-state index in [0.717, 1.165) is 86.4 Å². The predicted octanol–water partition coefficient (Wildman–Crippen LogP) is 12.2. The Hall–Kier alpha value is -5.49. The third kappa shape index (κ3) is 13.2. The van der Waals surface area contributed by atoms with Crippen LogP contribution < -0.4 is 31.4 Å². The molecule has 6 aromatic rings. The molecular formula is C60H65Br2N7O8S4. The van der Waals surface area contributed by atoms with Gasteiger partial charge in [-0.15, -0.1) is 11.3 Å². The lowest BCUT2D eigenvalue weighted by Crippen LogP contribution is -2.29. The third-order valence-corrected chi connectivity index (χ3v) is 20.6. The Kier molecular flexibility index (Phi) is 17.1. The van der Waals surface area contributed by atoms with E-state index in [9.17, 15) is 30.0 Å². The third-order valence-electron chi connectivity index (χ3n) is 15.9. The van der Waals surface area contributed by atoms with Gasteiger partial charge in [-0.2, -0.15) is 0 Å². The van der Waals surface area contributed by atoms with Gasteiger partial charge in [0.25, 0.3) is 0 Å². The van der Waals surface area contributed by atoms with Crippen LogP contribution in [0.5, 0.6) is 0 Å². The van der Waals surface area contributed by atoms with Crippen molar-refractivity contribution in [1.29, 1.82) is 0 Å². The molecule has 0 unspecified atom stereocenters. The van der Waals surface area contributed by atoms with E-state index in [1.165, 1.54) is 17.2 Å². The minimum atomic E-state index is -3.75. The summed E-state index contributed by atoms with van der Waals surface area (Å²) < 4.78 is 76.6. The summed E-state index contributed by atoms with van der Waals surface area (Å²) in [6.45, 7) is 6.43. The summed E-state index contributed by atoms with van der Waals surface area (Å²) in [5.74, 6) is 1.13. The zero-order valence-corrected chi connectivity index (χ0v) is 51.3. The van der Waals surface area contributed by atoms with Crippen molar-refractivity contribution in [1.82, 2.24) is 4.98 Å². The van der Waals surface area contributed by atoms with Crippen LogP contribution in [0.4, 0.5) is 17.1 Å². The van der Waals surface area contributed by atoms with Gasteiger partial charge in [0.2, 0.25) is 30.1 Å². The summed E-state index contributed by atoms with van der Waals surface area (Å²) >= 11 is 8.47. The first kappa shape index (κ1) is 58.7. The molecule has 0 radical (unpaired) electrons. The zero-order valence-electron chi connectivity index (χ0n) is 44.8. The molecule has 1 aromatic heterocycles. The maximum absolute atomic E-state index is 12.3. The number of allylic oxidation sites excluding steroid dienone is 6. The van der Waals surface area contributed by atoms with Crippen LogP contribution in [0.25, 0.3) is 0 Å². The molecule has 4 heterocycles. The number of rotatable bonds is 11. The number of esters is 1. The van der Waals surface area contributed by atoms with Crippen molar-refractivity contribution in [2.75, 3.05) is 27.9 Å². The highest BCUT2D eigenvalue weighted by atomic mass is 79.9. The van der Waals surface area contributed by atoms with Gasteiger partial charge in [0.15, 0.2) is 3.92 Å². The van der Waals surface area contributed by atoms with Gasteiger partial charge < -0.3 is 20.7 Å². The van der Waals surface area contributed by atoms with Crippen LogP contribution in [0.2, 0.25) is 0 Å². The number of sulfonamides is 3. The fourth-order valence-corrected chi connectivity index (χ4v) is 14.9. The van der Waals surface area contributed by atoms with Crippen molar-refractivity contribution in [3.63, 3.8) is 0 Å². The van der Waals surface area contributed by atoms with E-state index in [4.69, 9.17) is 20.2 Å². The number of thiazole rings is 1. The van der Waals surface area contributed by atoms with Gasteiger partial charge in [-0.05, 0) is 171 Å². The first-order chi connectivity index (χ1) is 38.4. The molecule has 0 amide bonds. The summed E-state index contributed by atoms with van der Waals surface area (Å²) in [7, 11) is -11.1. The molecule has 9 N–H and O–H groups in total. The van der Waals surface area contributed by atoms with E-state index in [1.54, 1.807) is 65.9 Å². The molecule has 3 aliphatic carbocycles. The number of nitrogens with one attached hydrogen (secondary N) is 3.